The van der Waals surface area contributed by atoms with E-state index in [1.54, 1.807) is 6.92 Å². The first kappa shape index (κ1) is 16.6. The van der Waals surface area contributed by atoms with Crippen LogP contribution in [0.2, 0.25) is 0 Å². The summed E-state index contributed by atoms with van der Waals surface area (Å²) in [5, 5.41) is 3.05. The molecule has 3 atom stereocenters. The van der Waals surface area contributed by atoms with Gasteiger partial charge in [0, 0.05) is 32.6 Å². The summed E-state index contributed by atoms with van der Waals surface area (Å²) < 4.78 is 5.68. The highest BCUT2D eigenvalue weighted by Gasteiger charge is 2.50. The van der Waals surface area contributed by atoms with Crippen LogP contribution in [0.5, 0.6) is 0 Å². The van der Waals surface area contributed by atoms with Gasteiger partial charge in [-0.25, -0.2) is 0 Å². The number of furan rings is 1. The number of hydrogen-bond donors (Lipinski definition) is 1. The highest BCUT2D eigenvalue weighted by Crippen LogP contribution is 2.37. The van der Waals surface area contributed by atoms with Crippen LogP contribution in [-0.4, -0.2) is 53.3 Å². The third-order valence-electron chi connectivity index (χ3n) is 5.80. The second-order valence-electron chi connectivity index (χ2n) is 7.90. The van der Waals surface area contributed by atoms with Crippen LogP contribution in [0.4, 0.5) is 0 Å². The Morgan fingerprint density at radius 3 is 2.72 bits per heavy atom. The summed E-state index contributed by atoms with van der Waals surface area (Å²) in [7, 11) is 0. The summed E-state index contributed by atoms with van der Waals surface area (Å²) in [4.78, 5) is 29.0. The molecule has 1 saturated carbocycles. The highest BCUT2D eigenvalue weighted by molar-refractivity contribution is 5.88. The average Bonchev–Trinajstić information content (AvgIpc) is 3.01. The predicted octanol–water partition coefficient (Wildman–Crippen LogP) is 1.54. The van der Waals surface area contributed by atoms with Crippen LogP contribution in [0.3, 0.4) is 0 Å². The maximum Gasteiger partial charge on any atom is 0.242 e. The third kappa shape index (κ3) is 3.45. The first-order chi connectivity index (χ1) is 12.0. The van der Waals surface area contributed by atoms with Crippen LogP contribution >= 0.6 is 0 Å². The van der Waals surface area contributed by atoms with Gasteiger partial charge in [0.25, 0.3) is 0 Å². The molecule has 0 spiro atoms. The molecule has 2 aliphatic heterocycles. The van der Waals surface area contributed by atoms with Crippen LogP contribution in [-0.2, 0) is 16.1 Å². The zero-order valence-electron chi connectivity index (χ0n) is 15.0. The summed E-state index contributed by atoms with van der Waals surface area (Å²) in [5.74, 6) is 2.96. The molecule has 1 aromatic rings. The minimum atomic E-state index is -0.292. The minimum Gasteiger partial charge on any atom is -0.465 e. The summed E-state index contributed by atoms with van der Waals surface area (Å²) in [6.07, 6.45) is 3.20. The van der Waals surface area contributed by atoms with Gasteiger partial charge in [-0.15, -0.1) is 0 Å². The van der Waals surface area contributed by atoms with E-state index in [-0.39, 0.29) is 23.9 Å². The van der Waals surface area contributed by atoms with E-state index in [0.717, 1.165) is 44.1 Å². The first-order valence-corrected chi connectivity index (χ1v) is 9.35. The summed E-state index contributed by atoms with van der Waals surface area (Å²) in [6, 6.07) is 3.85. The molecule has 1 N–H and O–H groups in total. The molecular weight excluding hydrogens is 318 g/mol. The van der Waals surface area contributed by atoms with Crippen LogP contribution in [0.1, 0.15) is 37.7 Å². The van der Waals surface area contributed by atoms with Gasteiger partial charge in [-0.2, -0.15) is 0 Å². The van der Waals surface area contributed by atoms with E-state index in [9.17, 15) is 9.59 Å². The van der Waals surface area contributed by atoms with E-state index < -0.39 is 0 Å². The molecule has 2 saturated heterocycles. The Hall–Kier alpha value is -1.82. The van der Waals surface area contributed by atoms with Gasteiger partial charge in [0.2, 0.25) is 11.8 Å². The number of carbonyl (C=O) groups is 2. The maximum atomic E-state index is 12.6. The smallest absolute Gasteiger partial charge is 0.242 e. The van der Waals surface area contributed by atoms with E-state index >= 15 is 0 Å². The normalized spacial score (nSPS) is 29.0. The number of hydrogen-bond acceptors (Lipinski definition) is 4. The minimum absolute atomic E-state index is 0.00904. The molecule has 2 amide bonds. The van der Waals surface area contributed by atoms with Crippen LogP contribution in [0, 0.1) is 18.8 Å². The molecule has 3 aliphatic rings. The fourth-order valence-corrected chi connectivity index (χ4v) is 4.41. The van der Waals surface area contributed by atoms with Crippen molar-refractivity contribution in [2.75, 3.05) is 19.6 Å². The van der Waals surface area contributed by atoms with Crippen molar-refractivity contribution in [2.24, 2.45) is 11.8 Å². The molecule has 0 radical (unpaired) electrons. The fraction of sp³-hybridized carbons (Fsp3) is 0.684. The SMILES string of the molecule is CC(=O)N1[C@@H](C(=O)NCC2CC2)C[C@@H]2CN(Cc3ccc(C)o3)C[C@@H]21. The molecule has 3 heterocycles. The number of nitrogens with one attached hydrogen (secondary N) is 1. The van der Waals surface area contributed by atoms with Crippen molar-refractivity contribution in [3.63, 3.8) is 0 Å². The molecule has 1 aliphatic carbocycles. The second-order valence-corrected chi connectivity index (χ2v) is 7.90. The van der Waals surface area contributed by atoms with Gasteiger partial charge >= 0.3 is 0 Å². The highest BCUT2D eigenvalue weighted by atomic mass is 16.3. The number of rotatable bonds is 5. The molecule has 0 bridgehead atoms. The predicted molar refractivity (Wildman–Crippen MR) is 92.7 cm³/mol. The first-order valence-electron chi connectivity index (χ1n) is 9.35. The molecule has 0 aromatic carbocycles. The van der Waals surface area contributed by atoms with Gasteiger partial charge in [-0.05, 0) is 50.2 Å². The van der Waals surface area contributed by atoms with Gasteiger partial charge in [-0.1, -0.05) is 0 Å². The topological polar surface area (TPSA) is 65.8 Å². The van der Waals surface area contributed by atoms with E-state index in [0.29, 0.717) is 11.8 Å². The lowest BCUT2D eigenvalue weighted by Gasteiger charge is -2.29. The number of likely N-dealkylation sites (tertiary alicyclic amines) is 2. The zero-order chi connectivity index (χ0) is 17.6. The van der Waals surface area contributed by atoms with Crippen molar-refractivity contribution in [2.45, 2.75) is 51.7 Å². The van der Waals surface area contributed by atoms with E-state index in [4.69, 9.17) is 4.42 Å². The van der Waals surface area contributed by atoms with Crippen LogP contribution in [0.25, 0.3) is 0 Å². The Bertz CT molecular complexity index is 667. The largest absolute Gasteiger partial charge is 0.465 e. The Balaban J connectivity index is 1.39. The lowest BCUT2D eigenvalue weighted by Crippen LogP contribution is -2.50. The van der Waals surface area contributed by atoms with Crippen molar-refractivity contribution >= 4 is 11.8 Å². The molecular formula is C19H27N3O3. The van der Waals surface area contributed by atoms with Gasteiger partial charge in [0.15, 0.2) is 0 Å². The Morgan fingerprint density at radius 1 is 1.28 bits per heavy atom. The molecule has 4 rings (SSSR count). The van der Waals surface area contributed by atoms with Gasteiger partial charge in [0.1, 0.15) is 17.6 Å². The van der Waals surface area contributed by atoms with Crippen molar-refractivity contribution in [3.8, 4) is 0 Å². The number of aryl methyl sites for hydroxylation is 1. The van der Waals surface area contributed by atoms with E-state index in [2.05, 4.69) is 10.2 Å². The third-order valence-corrected chi connectivity index (χ3v) is 5.80. The van der Waals surface area contributed by atoms with E-state index in [1.165, 1.54) is 12.8 Å². The van der Waals surface area contributed by atoms with Gasteiger partial charge < -0.3 is 14.6 Å². The van der Waals surface area contributed by atoms with Crippen molar-refractivity contribution in [1.29, 1.82) is 0 Å². The van der Waals surface area contributed by atoms with Crippen molar-refractivity contribution in [3.05, 3.63) is 23.7 Å². The monoisotopic (exact) mass is 345 g/mol. The van der Waals surface area contributed by atoms with E-state index in [1.807, 2.05) is 24.0 Å². The standard InChI is InChI=1S/C19H27N3O3/c1-12-3-6-16(25-12)10-21-9-15-7-17(19(24)20-8-14-4-5-14)22(13(2)23)18(15)11-21/h3,6,14-15,17-18H,4-5,7-11H2,1-2H3,(H,20,24)/t15-,17-,18+/m1/s1. The number of fused-ring (bicyclic) bond motifs is 1. The Morgan fingerprint density at radius 2 is 2.08 bits per heavy atom. The summed E-state index contributed by atoms with van der Waals surface area (Å²) >= 11 is 0. The van der Waals surface area contributed by atoms with Crippen molar-refractivity contribution < 1.29 is 14.0 Å². The molecule has 0 unspecified atom stereocenters. The number of nitrogens with zero attached hydrogens (tertiary/aromatic N) is 2. The number of amides is 2. The maximum absolute atomic E-state index is 12.6. The quantitative estimate of drug-likeness (QED) is 0.879. The second kappa shape index (κ2) is 6.48. The zero-order valence-corrected chi connectivity index (χ0v) is 15.0. The molecule has 136 valence electrons. The van der Waals surface area contributed by atoms with Gasteiger partial charge in [0.05, 0.1) is 6.54 Å². The Kier molecular flexibility index (Phi) is 4.31. The lowest BCUT2D eigenvalue weighted by molar-refractivity contribution is -0.138. The van der Waals surface area contributed by atoms with Crippen molar-refractivity contribution in [1.82, 2.24) is 15.1 Å². The lowest BCUT2D eigenvalue weighted by atomic mass is 10.0. The Labute approximate surface area is 148 Å². The van der Waals surface area contributed by atoms with Gasteiger partial charge in [-0.3, -0.25) is 14.5 Å². The number of carbonyl (C=O) groups excluding carboxylic acids is 2. The average molecular weight is 345 g/mol. The van der Waals surface area contributed by atoms with Crippen LogP contribution < -0.4 is 5.32 Å². The molecule has 3 fully saturated rings. The van der Waals surface area contributed by atoms with Crippen LogP contribution in [0.15, 0.2) is 16.5 Å². The molecule has 6 heteroatoms. The summed E-state index contributed by atoms with van der Waals surface area (Å²) in [5.41, 5.74) is 0. The summed E-state index contributed by atoms with van der Waals surface area (Å²) in [6.45, 7) is 6.80. The molecule has 25 heavy (non-hydrogen) atoms. The molecule has 6 nitrogen and oxygen atoms in total. The fourth-order valence-electron chi connectivity index (χ4n) is 4.41. The molecule has 1 aromatic heterocycles.